The van der Waals surface area contributed by atoms with E-state index in [1.807, 2.05) is 49.1 Å². The van der Waals surface area contributed by atoms with Gasteiger partial charge in [-0.25, -0.2) is 9.67 Å². The predicted molar refractivity (Wildman–Crippen MR) is 137 cm³/mol. The molecular formula is C27H31N5O3. The maximum absolute atomic E-state index is 13.1. The number of rotatable bonds is 8. The monoisotopic (exact) mass is 473 g/mol. The van der Waals surface area contributed by atoms with E-state index >= 15 is 0 Å². The highest BCUT2D eigenvalue weighted by molar-refractivity contribution is 5.96. The van der Waals surface area contributed by atoms with E-state index in [-0.39, 0.29) is 17.5 Å². The van der Waals surface area contributed by atoms with Crippen LogP contribution in [0.3, 0.4) is 0 Å². The molecule has 8 nitrogen and oxygen atoms in total. The molecule has 1 N–H and O–H groups in total. The Kier molecular flexibility index (Phi) is 7.60. The lowest BCUT2D eigenvalue weighted by Crippen LogP contribution is -2.41. The Labute approximate surface area is 204 Å². The number of hydrogen-bond donors (Lipinski definition) is 1. The first-order valence-electron chi connectivity index (χ1n) is 12.0. The number of hydrogen-bond acceptors (Lipinski definition) is 5. The Hall–Kier alpha value is -3.94. The average Bonchev–Trinajstić information content (AvgIpc) is 3.30. The van der Waals surface area contributed by atoms with Crippen molar-refractivity contribution in [2.45, 2.75) is 39.2 Å². The summed E-state index contributed by atoms with van der Waals surface area (Å²) < 4.78 is 7.53. The number of benzene rings is 1. The topological polar surface area (TPSA) is 93.1 Å². The molecule has 0 saturated carbocycles. The van der Waals surface area contributed by atoms with Crippen LogP contribution in [0.15, 0.2) is 71.7 Å². The maximum atomic E-state index is 13.1. The Morgan fingerprint density at radius 1 is 1.34 bits per heavy atom. The SMILES string of the molecule is C=C/C=C\C(=C/C)C(=O)N1CCCC(n2ncc3c(=O)[nH]c(Cc4ccccc4OCC)nc32)C1. The summed E-state index contributed by atoms with van der Waals surface area (Å²) in [6.45, 7) is 9.21. The number of H-pyrrole nitrogens is 1. The van der Waals surface area contributed by atoms with E-state index in [1.165, 1.54) is 0 Å². The molecule has 1 saturated heterocycles. The van der Waals surface area contributed by atoms with E-state index in [0.29, 0.717) is 48.5 Å². The van der Waals surface area contributed by atoms with Gasteiger partial charge in [-0.2, -0.15) is 5.10 Å². The summed E-state index contributed by atoms with van der Waals surface area (Å²) >= 11 is 0. The number of carbonyl (C=O) groups excluding carboxylic acids is 1. The lowest BCUT2D eigenvalue weighted by Gasteiger charge is -2.33. The van der Waals surface area contributed by atoms with Gasteiger partial charge < -0.3 is 14.6 Å². The maximum Gasteiger partial charge on any atom is 0.262 e. The van der Waals surface area contributed by atoms with Crippen LogP contribution < -0.4 is 10.3 Å². The van der Waals surface area contributed by atoms with Gasteiger partial charge in [0.05, 0.1) is 18.8 Å². The Morgan fingerprint density at radius 3 is 2.94 bits per heavy atom. The lowest BCUT2D eigenvalue weighted by molar-refractivity contribution is -0.128. The summed E-state index contributed by atoms with van der Waals surface area (Å²) in [7, 11) is 0. The van der Waals surface area contributed by atoms with Gasteiger partial charge in [0.25, 0.3) is 11.5 Å². The molecule has 3 aromatic rings. The number of aromatic amines is 1. The zero-order valence-electron chi connectivity index (χ0n) is 20.2. The van der Waals surface area contributed by atoms with Crippen molar-refractivity contribution in [1.82, 2.24) is 24.6 Å². The van der Waals surface area contributed by atoms with Crippen LogP contribution in [0.1, 0.15) is 44.1 Å². The van der Waals surface area contributed by atoms with Crippen LogP contribution in [0.2, 0.25) is 0 Å². The first-order chi connectivity index (χ1) is 17.0. The molecule has 8 heteroatoms. The van der Waals surface area contributed by atoms with E-state index in [4.69, 9.17) is 9.72 Å². The molecule has 1 aliphatic heterocycles. The number of aromatic nitrogens is 4. The van der Waals surface area contributed by atoms with Crippen molar-refractivity contribution in [1.29, 1.82) is 0 Å². The third-order valence-corrected chi connectivity index (χ3v) is 6.14. The second kappa shape index (κ2) is 11.0. The van der Waals surface area contributed by atoms with E-state index in [0.717, 1.165) is 24.2 Å². The zero-order chi connectivity index (χ0) is 24.8. The Morgan fingerprint density at radius 2 is 2.17 bits per heavy atom. The number of piperidine rings is 1. The molecule has 2 aromatic heterocycles. The highest BCUT2D eigenvalue weighted by atomic mass is 16.5. The number of para-hydroxylation sites is 1. The smallest absolute Gasteiger partial charge is 0.262 e. The highest BCUT2D eigenvalue weighted by Gasteiger charge is 2.28. The Bertz CT molecular complexity index is 1330. The van der Waals surface area contributed by atoms with Crippen LogP contribution in [0.4, 0.5) is 0 Å². The molecule has 0 bridgehead atoms. The number of carbonyl (C=O) groups is 1. The fourth-order valence-corrected chi connectivity index (χ4v) is 4.44. The predicted octanol–water partition coefficient (Wildman–Crippen LogP) is 3.96. The molecule has 1 atom stereocenters. The quantitative estimate of drug-likeness (QED) is 0.395. The van der Waals surface area contributed by atoms with Gasteiger partial charge in [0.2, 0.25) is 0 Å². The first-order valence-corrected chi connectivity index (χ1v) is 12.0. The lowest BCUT2D eigenvalue weighted by atomic mass is 10.0. The molecule has 182 valence electrons. The van der Waals surface area contributed by atoms with Crippen molar-refractivity contribution >= 4 is 16.9 Å². The van der Waals surface area contributed by atoms with Crippen molar-refractivity contribution in [2.24, 2.45) is 0 Å². The molecule has 0 radical (unpaired) electrons. The van der Waals surface area contributed by atoms with Crippen molar-refractivity contribution < 1.29 is 9.53 Å². The molecule has 0 spiro atoms. The fourth-order valence-electron chi connectivity index (χ4n) is 4.44. The number of likely N-dealkylation sites (tertiary alicyclic amines) is 1. The molecule has 4 rings (SSSR count). The molecule has 35 heavy (non-hydrogen) atoms. The van der Waals surface area contributed by atoms with Crippen molar-refractivity contribution in [3.63, 3.8) is 0 Å². The summed E-state index contributed by atoms with van der Waals surface area (Å²) in [6, 6.07) is 7.68. The molecular weight excluding hydrogens is 442 g/mol. The minimum absolute atomic E-state index is 0.0224. The summed E-state index contributed by atoms with van der Waals surface area (Å²) in [6.07, 6.45) is 10.7. The van der Waals surface area contributed by atoms with Crippen LogP contribution in [-0.4, -0.2) is 50.3 Å². The molecule has 0 aliphatic carbocycles. The minimum Gasteiger partial charge on any atom is -0.494 e. The number of amides is 1. The molecule has 3 heterocycles. The standard InChI is InChI=1S/C27H31N5O3/c1-4-7-11-19(5-2)27(34)31-15-10-13-21(18-31)32-25-22(17-28-32)26(33)30-24(29-25)16-20-12-8-9-14-23(20)35-6-3/h4-5,7-9,11-12,14,17,21H,1,6,10,13,15-16,18H2,2-3H3,(H,29,30,33)/b11-7-,19-5+. The third kappa shape index (κ3) is 5.26. The highest BCUT2D eigenvalue weighted by Crippen LogP contribution is 2.26. The van der Waals surface area contributed by atoms with Gasteiger partial charge in [-0.3, -0.25) is 9.59 Å². The molecule has 1 aliphatic rings. The number of ether oxygens (including phenoxy) is 1. The zero-order valence-corrected chi connectivity index (χ0v) is 20.2. The van der Waals surface area contributed by atoms with Gasteiger partial charge in [0, 0.05) is 30.6 Å². The van der Waals surface area contributed by atoms with Gasteiger partial charge in [-0.05, 0) is 38.8 Å². The van der Waals surface area contributed by atoms with Gasteiger partial charge in [-0.1, -0.05) is 43.0 Å². The van der Waals surface area contributed by atoms with Crippen LogP contribution in [0, 0.1) is 0 Å². The summed E-state index contributed by atoms with van der Waals surface area (Å²) in [5.41, 5.74) is 1.89. The van der Waals surface area contributed by atoms with Crippen LogP contribution in [0.5, 0.6) is 5.75 Å². The summed E-state index contributed by atoms with van der Waals surface area (Å²) in [5.74, 6) is 1.30. The average molecular weight is 474 g/mol. The van der Waals surface area contributed by atoms with Crippen LogP contribution in [-0.2, 0) is 11.2 Å². The van der Waals surface area contributed by atoms with Crippen LogP contribution in [0.25, 0.3) is 11.0 Å². The molecule has 1 amide bonds. The van der Waals surface area contributed by atoms with Gasteiger partial charge in [-0.15, -0.1) is 0 Å². The second-order valence-corrected chi connectivity index (χ2v) is 8.44. The molecule has 1 fully saturated rings. The minimum atomic E-state index is -0.223. The van der Waals surface area contributed by atoms with Gasteiger partial charge in [0.15, 0.2) is 5.65 Å². The van der Waals surface area contributed by atoms with Crippen molar-refractivity contribution in [3.8, 4) is 5.75 Å². The van der Waals surface area contributed by atoms with Gasteiger partial charge >= 0.3 is 0 Å². The third-order valence-electron chi connectivity index (χ3n) is 6.14. The largest absolute Gasteiger partial charge is 0.494 e. The number of allylic oxidation sites excluding steroid dienone is 3. The first kappa shape index (κ1) is 24.2. The summed E-state index contributed by atoms with van der Waals surface area (Å²) in [5, 5.41) is 4.96. The number of fused-ring (bicyclic) bond motifs is 1. The van der Waals surface area contributed by atoms with E-state index in [1.54, 1.807) is 29.1 Å². The summed E-state index contributed by atoms with van der Waals surface area (Å²) in [4.78, 5) is 35.4. The van der Waals surface area contributed by atoms with Crippen LogP contribution >= 0.6 is 0 Å². The second-order valence-electron chi connectivity index (χ2n) is 8.44. The molecule has 1 aromatic carbocycles. The normalized spacial score (nSPS) is 16.7. The fraction of sp³-hybridized carbons (Fsp3) is 0.333. The molecule has 1 unspecified atom stereocenters. The van der Waals surface area contributed by atoms with Gasteiger partial charge in [0.1, 0.15) is 17.0 Å². The van der Waals surface area contributed by atoms with Crippen molar-refractivity contribution in [2.75, 3.05) is 19.7 Å². The van der Waals surface area contributed by atoms with Crippen molar-refractivity contribution in [3.05, 3.63) is 88.7 Å². The van der Waals surface area contributed by atoms with E-state index in [9.17, 15) is 9.59 Å². The Balaban J connectivity index is 1.62. The van der Waals surface area contributed by atoms with E-state index < -0.39 is 0 Å². The number of nitrogens with zero attached hydrogens (tertiary/aromatic N) is 4. The number of nitrogens with one attached hydrogen (secondary N) is 1. The van der Waals surface area contributed by atoms with E-state index in [2.05, 4.69) is 16.7 Å².